The second-order valence-electron chi connectivity index (χ2n) is 7.38. The number of carbonyl (C=O) groups excluding carboxylic acids is 1. The van der Waals surface area contributed by atoms with Gasteiger partial charge >= 0.3 is 0 Å². The summed E-state index contributed by atoms with van der Waals surface area (Å²) in [5.41, 5.74) is 1.62. The number of hydrogen-bond donors (Lipinski definition) is 2. The van der Waals surface area contributed by atoms with E-state index in [2.05, 4.69) is 27.3 Å². The van der Waals surface area contributed by atoms with Crippen molar-refractivity contribution in [2.75, 3.05) is 11.9 Å². The molecule has 142 valence electrons. The Kier molecular flexibility index (Phi) is 3.46. The average molecular weight is 379 g/mol. The van der Waals surface area contributed by atoms with Gasteiger partial charge in [0.2, 0.25) is 0 Å². The molecule has 7 nitrogen and oxygen atoms in total. The van der Waals surface area contributed by atoms with E-state index in [0.29, 0.717) is 34.9 Å². The van der Waals surface area contributed by atoms with Crippen molar-refractivity contribution < 1.29 is 13.9 Å². The Morgan fingerprint density at radius 3 is 3.11 bits per heavy atom. The number of benzene rings is 1. The summed E-state index contributed by atoms with van der Waals surface area (Å²) in [5.74, 6) is 0.482. The molecular weight excluding hydrogens is 361 g/mol. The van der Waals surface area contributed by atoms with Gasteiger partial charge in [0, 0.05) is 17.5 Å². The highest BCUT2D eigenvalue weighted by atomic mass is 19.1. The lowest BCUT2D eigenvalue weighted by molar-refractivity contribution is 0.0832. The van der Waals surface area contributed by atoms with Gasteiger partial charge in [-0.3, -0.25) is 4.79 Å². The molecule has 4 heterocycles. The van der Waals surface area contributed by atoms with E-state index in [1.165, 1.54) is 22.8 Å². The maximum Gasteiger partial charge on any atom is 0.271 e. The molecule has 28 heavy (non-hydrogen) atoms. The van der Waals surface area contributed by atoms with Crippen LogP contribution in [0.15, 0.2) is 43.1 Å². The molecule has 2 aromatic heterocycles. The predicted molar refractivity (Wildman–Crippen MR) is 101 cm³/mol. The minimum atomic E-state index is -0.684. The van der Waals surface area contributed by atoms with Crippen LogP contribution in [0, 0.1) is 5.82 Å². The molecule has 0 saturated heterocycles. The zero-order valence-corrected chi connectivity index (χ0v) is 15.2. The standard InChI is InChI=1S/C20H18FN5O2/c1-3-14-13-7-12(21)6-11-8-20(2,28-18(11)13)10-23-19(27)15-9-22-17-5-4-16(24-14)25-26(15)17/h3-7,9,14H,1,8,10H2,2H3,(H,23,27)(H,24,25)/t14-,20-/m1/s1. The lowest BCUT2D eigenvalue weighted by Crippen LogP contribution is -2.44. The quantitative estimate of drug-likeness (QED) is 0.636. The Labute approximate surface area is 160 Å². The molecule has 3 aromatic rings. The number of hydrogen-bond acceptors (Lipinski definition) is 5. The van der Waals surface area contributed by atoms with Gasteiger partial charge in [0.1, 0.15) is 23.0 Å². The van der Waals surface area contributed by atoms with Gasteiger partial charge < -0.3 is 15.4 Å². The molecule has 1 aromatic carbocycles. The minimum absolute atomic E-state index is 0.265. The molecule has 0 spiro atoms. The van der Waals surface area contributed by atoms with Crippen molar-refractivity contribution in [2.24, 2.45) is 0 Å². The number of rotatable bonds is 1. The van der Waals surface area contributed by atoms with Crippen molar-refractivity contribution in [2.45, 2.75) is 25.0 Å². The predicted octanol–water partition coefficient (Wildman–Crippen LogP) is 2.64. The smallest absolute Gasteiger partial charge is 0.271 e. The fraction of sp³-hybridized carbons (Fsp3) is 0.250. The number of anilines is 1. The maximum absolute atomic E-state index is 14.3. The third-order valence-electron chi connectivity index (χ3n) is 5.16. The molecule has 8 heteroatoms. The largest absolute Gasteiger partial charge is 0.485 e. The Bertz CT molecular complexity index is 1140. The van der Waals surface area contributed by atoms with Gasteiger partial charge in [-0.05, 0) is 31.2 Å². The highest BCUT2D eigenvalue weighted by molar-refractivity contribution is 5.93. The van der Waals surface area contributed by atoms with Crippen LogP contribution in [0.25, 0.3) is 5.65 Å². The molecule has 2 atom stereocenters. The number of nitrogens with one attached hydrogen (secondary N) is 2. The highest BCUT2D eigenvalue weighted by Gasteiger charge is 2.38. The van der Waals surface area contributed by atoms with Crippen LogP contribution in [-0.4, -0.2) is 32.7 Å². The van der Waals surface area contributed by atoms with Gasteiger partial charge in [0.15, 0.2) is 11.3 Å². The molecule has 2 aliphatic heterocycles. The fourth-order valence-corrected chi connectivity index (χ4v) is 3.83. The first-order chi connectivity index (χ1) is 13.5. The highest BCUT2D eigenvalue weighted by Crippen LogP contribution is 2.41. The number of amides is 1. The summed E-state index contributed by atoms with van der Waals surface area (Å²) in [4.78, 5) is 16.9. The van der Waals surface area contributed by atoms with E-state index in [1.807, 2.05) is 6.92 Å². The summed E-state index contributed by atoms with van der Waals surface area (Å²) in [6.07, 6.45) is 3.66. The molecule has 2 aliphatic rings. The molecule has 0 fully saturated rings. The third kappa shape index (κ3) is 2.52. The van der Waals surface area contributed by atoms with Crippen molar-refractivity contribution in [3.05, 3.63) is 65.8 Å². The Hall–Kier alpha value is -3.42. The number of imidazole rings is 1. The van der Waals surface area contributed by atoms with Gasteiger partial charge in [0.05, 0.1) is 18.8 Å². The first-order valence-electron chi connectivity index (χ1n) is 8.99. The second kappa shape index (κ2) is 5.79. The van der Waals surface area contributed by atoms with Crippen LogP contribution in [0.3, 0.4) is 0 Å². The lowest BCUT2D eigenvalue weighted by Gasteiger charge is -2.25. The molecule has 1 amide bonds. The van der Waals surface area contributed by atoms with E-state index in [-0.39, 0.29) is 18.3 Å². The van der Waals surface area contributed by atoms with E-state index in [1.54, 1.807) is 18.2 Å². The number of carbonyl (C=O) groups is 1. The van der Waals surface area contributed by atoms with E-state index in [0.717, 1.165) is 5.56 Å². The van der Waals surface area contributed by atoms with Crippen molar-refractivity contribution in [3.63, 3.8) is 0 Å². The second-order valence-corrected chi connectivity index (χ2v) is 7.38. The number of halogens is 1. The van der Waals surface area contributed by atoms with Crippen LogP contribution in [-0.2, 0) is 6.42 Å². The third-order valence-corrected chi connectivity index (χ3v) is 5.16. The Morgan fingerprint density at radius 2 is 2.29 bits per heavy atom. The van der Waals surface area contributed by atoms with Crippen LogP contribution < -0.4 is 15.4 Å². The summed E-state index contributed by atoms with van der Waals surface area (Å²) < 4.78 is 22.0. The summed E-state index contributed by atoms with van der Waals surface area (Å²) in [6.45, 7) is 6.05. The topological polar surface area (TPSA) is 80.5 Å². The van der Waals surface area contributed by atoms with E-state index < -0.39 is 11.6 Å². The molecular formula is C20H18FN5O2. The molecule has 0 aliphatic carbocycles. The van der Waals surface area contributed by atoms with Gasteiger partial charge in [-0.15, -0.1) is 11.7 Å². The number of fused-ring (bicyclic) bond motifs is 2. The molecule has 0 radical (unpaired) electrons. The first-order valence-corrected chi connectivity index (χ1v) is 8.99. The Morgan fingerprint density at radius 1 is 1.43 bits per heavy atom. The summed E-state index contributed by atoms with van der Waals surface area (Å²) in [7, 11) is 0. The monoisotopic (exact) mass is 379 g/mol. The summed E-state index contributed by atoms with van der Waals surface area (Å²) in [6, 6.07) is 6.02. The van der Waals surface area contributed by atoms with E-state index >= 15 is 0 Å². The SMILES string of the molecule is C=C[C@H]1Nc2ccc3ncc(n3n2)C(=O)NC[C@@]2(C)Cc3cc(F)cc1c3O2. The van der Waals surface area contributed by atoms with Gasteiger partial charge in [0.25, 0.3) is 5.91 Å². The van der Waals surface area contributed by atoms with Gasteiger partial charge in [-0.2, -0.15) is 0 Å². The van der Waals surface area contributed by atoms with E-state index in [4.69, 9.17) is 4.74 Å². The fourth-order valence-electron chi connectivity index (χ4n) is 3.83. The van der Waals surface area contributed by atoms with Crippen LogP contribution in [0.1, 0.15) is 34.6 Å². The zero-order chi connectivity index (χ0) is 19.5. The van der Waals surface area contributed by atoms with Crippen molar-refractivity contribution in [1.82, 2.24) is 19.9 Å². The first kappa shape index (κ1) is 16.7. The van der Waals surface area contributed by atoms with Crippen molar-refractivity contribution in [3.8, 4) is 5.75 Å². The van der Waals surface area contributed by atoms with Crippen LogP contribution in [0.2, 0.25) is 0 Å². The van der Waals surface area contributed by atoms with Crippen LogP contribution in [0.4, 0.5) is 10.2 Å². The molecule has 0 unspecified atom stereocenters. The van der Waals surface area contributed by atoms with Gasteiger partial charge in [-0.25, -0.2) is 13.9 Å². The molecule has 5 rings (SSSR count). The maximum atomic E-state index is 14.3. The molecule has 2 N–H and O–H groups in total. The summed E-state index contributed by atoms with van der Waals surface area (Å²) in [5, 5.41) is 10.6. The number of nitrogens with zero attached hydrogens (tertiary/aromatic N) is 3. The minimum Gasteiger partial charge on any atom is -0.485 e. The number of aromatic nitrogens is 3. The summed E-state index contributed by atoms with van der Waals surface area (Å²) >= 11 is 0. The van der Waals surface area contributed by atoms with Gasteiger partial charge in [-0.1, -0.05) is 6.08 Å². The lowest BCUT2D eigenvalue weighted by atomic mass is 9.96. The van der Waals surface area contributed by atoms with Crippen molar-refractivity contribution >= 4 is 17.4 Å². The number of ether oxygens (including phenoxy) is 1. The normalized spacial score (nSPS) is 23.2. The van der Waals surface area contributed by atoms with Crippen LogP contribution in [0.5, 0.6) is 5.75 Å². The van der Waals surface area contributed by atoms with E-state index in [9.17, 15) is 9.18 Å². The molecule has 4 bridgehead atoms. The average Bonchev–Trinajstić information content (AvgIpc) is 3.23. The zero-order valence-electron chi connectivity index (χ0n) is 15.2. The van der Waals surface area contributed by atoms with Crippen molar-refractivity contribution in [1.29, 1.82) is 0 Å². The van der Waals surface area contributed by atoms with Crippen LogP contribution >= 0.6 is 0 Å². The Balaban J connectivity index is 1.70. The molecule has 0 saturated carbocycles.